The Labute approximate surface area is 200 Å². The van der Waals surface area contributed by atoms with E-state index < -0.39 is 11.6 Å². The Bertz CT molecular complexity index is 1140. The van der Waals surface area contributed by atoms with Crippen LogP contribution in [0.2, 0.25) is 0 Å². The summed E-state index contributed by atoms with van der Waals surface area (Å²) in [7, 11) is 4.07. The van der Waals surface area contributed by atoms with E-state index in [4.69, 9.17) is 9.72 Å². The van der Waals surface area contributed by atoms with Crippen molar-refractivity contribution in [1.29, 1.82) is 0 Å². The highest BCUT2D eigenvalue weighted by Gasteiger charge is 2.53. The summed E-state index contributed by atoms with van der Waals surface area (Å²) in [6.45, 7) is 2.90. The van der Waals surface area contributed by atoms with Crippen LogP contribution in [-0.2, 0) is 4.74 Å². The third-order valence-corrected chi connectivity index (χ3v) is 8.40. The number of amides is 2. The van der Waals surface area contributed by atoms with Crippen LogP contribution in [0.1, 0.15) is 71.4 Å². The molecule has 2 N–H and O–H groups in total. The summed E-state index contributed by atoms with van der Waals surface area (Å²) in [4.78, 5) is 18.9. The van der Waals surface area contributed by atoms with Gasteiger partial charge in [-0.25, -0.2) is 9.18 Å². The Balaban J connectivity index is 1.44. The van der Waals surface area contributed by atoms with Crippen LogP contribution in [0, 0.1) is 6.92 Å². The Morgan fingerprint density at radius 3 is 2.53 bits per heavy atom. The van der Waals surface area contributed by atoms with Gasteiger partial charge in [0.15, 0.2) is 5.67 Å². The van der Waals surface area contributed by atoms with E-state index >= 15 is 4.39 Å². The molecular formula is C27H33FN4O2. The minimum absolute atomic E-state index is 0.0968. The summed E-state index contributed by atoms with van der Waals surface area (Å²) < 4.78 is 21.6. The highest BCUT2D eigenvalue weighted by molar-refractivity contribution is 5.78. The average molecular weight is 465 g/mol. The number of aromatic nitrogens is 1. The molecule has 0 radical (unpaired) electrons. The average Bonchev–Trinajstić information content (AvgIpc) is 3.54. The van der Waals surface area contributed by atoms with Crippen LogP contribution in [0.15, 0.2) is 30.5 Å². The fourth-order valence-electron chi connectivity index (χ4n) is 6.16. The van der Waals surface area contributed by atoms with E-state index in [-0.39, 0.29) is 30.7 Å². The predicted molar refractivity (Wildman–Crippen MR) is 129 cm³/mol. The molecule has 2 aliphatic carbocycles. The number of ether oxygens (including phenoxy) is 1. The molecule has 1 aromatic carbocycles. The number of aryl methyl sites for hydroxylation is 1. The Morgan fingerprint density at radius 1 is 1.21 bits per heavy atom. The lowest BCUT2D eigenvalue weighted by Crippen LogP contribution is -2.56. The smallest absolute Gasteiger partial charge is 0.315 e. The third kappa shape index (κ3) is 3.39. The highest BCUT2D eigenvalue weighted by Crippen LogP contribution is 2.51. The first kappa shape index (κ1) is 21.8. The van der Waals surface area contributed by atoms with E-state index in [0.717, 1.165) is 40.9 Å². The topological polar surface area (TPSA) is 66.5 Å². The first-order valence-electron chi connectivity index (χ1n) is 12.4. The number of rotatable bonds is 6. The minimum Gasteiger partial charge on any atom is -0.377 e. The van der Waals surface area contributed by atoms with E-state index in [0.29, 0.717) is 12.5 Å². The summed E-state index contributed by atoms with van der Waals surface area (Å²) in [5, 5.41) is 6.12. The Kier molecular flexibility index (Phi) is 4.93. The normalized spacial score (nSPS) is 28.0. The second-order valence-electron chi connectivity index (χ2n) is 11.0. The van der Waals surface area contributed by atoms with Gasteiger partial charge in [0.2, 0.25) is 0 Å². The molecule has 7 heteroatoms. The van der Waals surface area contributed by atoms with Crippen LogP contribution in [0.5, 0.6) is 0 Å². The molecule has 1 spiro atoms. The first-order chi connectivity index (χ1) is 16.3. The molecule has 2 saturated carbocycles. The van der Waals surface area contributed by atoms with Crippen LogP contribution < -0.4 is 15.5 Å². The van der Waals surface area contributed by atoms with Crippen molar-refractivity contribution < 1.29 is 13.9 Å². The van der Waals surface area contributed by atoms with Gasteiger partial charge in [-0.05, 0) is 67.0 Å². The molecular weight excluding hydrogens is 431 g/mol. The van der Waals surface area contributed by atoms with E-state index in [1.54, 1.807) is 0 Å². The molecule has 4 fully saturated rings. The lowest BCUT2D eigenvalue weighted by atomic mass is 9.63. The number of hydrogen-bond donors (Lipinski definition) is 2. The van der Waals surface area contributed by atoms with Crippen LogP contribution in [0.3, 0.4) is 0 Å². The Morgan fingerprint density at radius 2 is 2.00 bits per heavy atom. The third-order valence-electron chi connectivity index (χ3n) is 8.40. The van der Waals surface area contributed by atoms with Crippen molar-refractivity contribution in [3.05, 3.63) is 58.4 Å². The van der Waals surface area contributed by atoms with Crippen LogP contribution >= 0.6 is 0 Å². The number of carbonyl (C=O) groups is 1. The van der Waals surface area contributed by atoms with Crippen LogP contribution in [0.4, 0.5) is 14.9 Å². The molecule has 0 bridgehead atoms. The lowest BCUT2D eigenvalue weighted by molar-refractivity contribution is -0.137. The van der Waals surface area contributed by atoms with Crippen molar-refractivity contribution in [2.45, 2.75) is 61.6 Å². The summed E-state index contributed by atoms with van der Waals surface area (Å²) >= 11 is 0. The number of pyridine rings is 1. The van der Waals surface area contributed by atoms with E-state index in [9.17, 15) is 4.79 Å². The SMILES string of the molecule is Cc1cc(C2CC2)ncc1C(c1ccc(N(C)C)c(C2CCC23CNC(=O)N3)c1)C1(F)COC1. The van der Waals surface area contributed by atoms with Gasteiger partial charge in [0.05, 0.1) is 18.8 Å². The summed E-state index contributed by atoms with van der Waals surface area (Å²) in [5.74, 6) is 0.312. The lowest BCUT2D eigenvalue weighted by Gasteiger charge is -2.48. The van der Waals surface area contributed by atoms with Gasteiger partial charge in [0.1, 0.15) is 0 Å². The van der Waals surface area contributed by atoms with Gasteiger partial charge < -0.3 is 20.3 Å². The number of halogens is 1. The first-order valence-corrected chi connectivity index (χ1v) is 12.4. The van der Waals surface area contributed by atoms with Gasteiger partial charge in [-0.1, -0.05) is 12.1 Å². The van der Waals surface area contributed by atoms with E-state index in [1.807, 2.05) is 20.3 Å². The van der Waals surface area contributed by atoms with Crippen molar-refractivity contribution in [3.8, 4) is 0 Å². The zero-order valence-corrected chi connectivity index (χ0v) is 20.2. The molecule has 3 heterocycles. The largest absolute Gasteiger partial charge is 0.377 e. The number of urea groups is 1. The van der Waals surface area contributed by atoms with Gasteiger partial charge in [0, 0.05) is 56.0 Å². The number of hydrogen-bond acceptors (Lipinski definition) is 4. The molecule has 2 amide bonds. The van der Waals surface area contributed by atoms with Gasteiger partial charge in [-0.2, -0.15) is 0 Å². The van der Waals surface area contributed by atoms with Gasteiger partial charge in [-0.15, -0.1) is 0 Å². The highest BCUT2D eigenvalue weighted by atomic mass is 19.1. The maximum Gasteiger partial charge on any atom is 0.315 e. The second kappa shape index (κ2) is 7.67. The molecule has 34 heavy (non-hydrogen) atoms. The zero-order valence-electron chi connectivity index (χ0n) is 20.2. The molecule has 6 rings (SSSR count). The van der Waals surface area contributed by atoms with E-state index in [1.165, 1.54) is 18.4 Å². The number of alkyl halides is 1. The fourth-order valence-corrected chi connectivity index (χ4v) is 6.16. The van der Waals surface area contributed by atoms with Crippen molar-refractivity contribution in [1.82, 2.24) is 15.6 Å². The van der Waals surface area contributed by atoms with Crippen molar-refractivity contribution in [2.24, 2.45) is 0 Å². The summed E-state index contributed by atoms with van der Waals surface area (Å²) in [6.07, 6.45) is 6.24. The maximum atomic E-state index is 16.2. The molecule has 2 aromatic rings. The molecule has 4 aliphatic rings. The van der Waals surface area contributed by atoms with Gasteiger partial charge >= 0.3 is 6.03 Å². The number of benzene rings is 1. The zero-order chi connectivity index (χ0) is 23.7. The predicted octanol–water partition coefficient (Wildman–Crippen LogP) is 4.13. The van der Waals surface area contributed by atoms with Crippen LogP contribution in [-0.4, -0.2) is 56.1 Å². The number of anilines is 1. The van der Waals surface area contributed by atoms with E-state index in [2.05, 4.69) is 46.7 Å². The molecule has 180 valence electrons. The van der Waals surface area contributed by atoms with Gasteiger partial charge in [0.25, 0.3) is 0 Å². The van der Waals surface area contributed by atoms with Crippen molar-refractivity contribution in [2.75, 3.05) is 38.8 Å². The standard InChI is InChI=1S/C27H33FN4O2/c1-16-10-22(17-4-5-17)29-12-20(16)24(26(28)14-34-15-26)18-6-7-23(32(2)3)19(11-18)21-8-9-27(21)13-30-25(33)31-27/h6-7,10-12,17,21,24H,4-5,8-9,13-15H2,1-3H3,(H2,30,31,33). The number of carbonyl (C=O) groups excluding carboxylic acids is 1. The maximum absolute atomic E-state index is 16.2. The minimum atomic E-state index is -1.45. The van der Waals surface area contributed by atoms with Crippen molar-refractivity contribution in [3.63, 3.8) is 0 Å². The molecule has 1 aromatic heterocycles. The fraction of sp³-hybridized carbons (Fsp3) is 0.556. The molecule has 2 saturated heterocycles. The molecule has 3 unspecified atom stereocenters. The second-order valence-corrected chi connectivity index (χ2v) is 11.0. The molecule has 3 atom stereocenters. The van der Waals surface area contributed by atoms with Gasteiger partial charge in [-0.3, -0.25) is 4.98 Å². The molecule has 6 nitrogen and oxygen atoms in total. The Hall–Kier alpha value is -2.67. The number of nitrogens with zero attached hydrogens (tertiary/aromatic N) is 2. The quantitative estimate of drug-likeness (QED) is 0.675. The molecule has 2 aliphatic heterocycles. The number of nitrogens with one attached hydrogen (secondary N) is 2. The van der Waals surface area contributed by atoms with Crippen molar-refractivity contribution >= 4 is 11.7 Å². The van der Waals surface area contributed by atoms with Crippen LogP contribution in [0.25, 0.3) is 0 Å². The monoisotopic (exact) mass is 464 g/mol. The summed E-state index contributed by atoms with van der Waals surface area (Å²) in [6, 6.07) is 8.41. The summed E-state index contributed by atoms with van der Waals surface area (Å²) in [5.41, 5.74) is 4.69.